The van der Waals surface area contributed by atoms with Gasteiger partial charge in [0.2, 0.25) is 10.0 Å². The van der Waals surface area contributed by atoms with E-state index in [0.717, 1.165) is 17.7 Å². The van der Waals surface area contributed by atoms with E-state index in [-0.39, 0.29) is 18.3 Å². The Bertz CT molecular complexity index is 913. The monoisotopic (exact) mass is 394 g/mol. The van der Waals surface area contributed by atoms with Crippen molar-refractivity contribution in [3.8, 4) is 0 Å². The van der Waals surface area contributed by atoms with Crippen LogP contribution in [0.5, 0.6) is 0 Å². The average Bonchev–Trinajstić information content (AvgIpc) is 3.00. The quantitative estimate of drug-likeness (QED) is 0.817. The van der Waals surface area contributed by atoms with Crippen LogP contribution in [0.2, 0.25) is 5.02 Å². The average molecular weight is 395 g/mol. The summed E-state index contributed by atoms with van der Waals surface area (Å²) in [7, 11) is -2.12. The minimum absolute atomic E-state index is 0.00797. The van der Waals surface area contributed by atoms with Crippen molar-refractivity contribution in [2.75, 3.05) is 29.9 Å². The maximum Gasteiger partial charge on any atom is 0.252 e. The molecule has 1 amide bonds. The summed E-state index contributed by atoms with van der Waals surface area (Å²) in [5, 5.41) is 0.554. The fraction of sp³-hybridized carbons (Fsp3) is 0.278. The van der Waals surface area contributed by atoms with Crippen LogP contribution >= 0.6 is 11.6 Å². The highest BCUT2D eigenvalue weighted by Gasteiger charge is 2.25. The van der Waals surface area contributed by atoms with Crippen molar-refractivity contribution in [3.63, 3.8) is 0 Å². The summed E-state index contributed by atoms with van der Waals surface area (Å²) in [5.74, 6) is -0.305. The second kappa shape index (κ2) is 7.65. The number of hydrogen-bond acceptors (Lipinski definition) is 4. The van der Waals surface area contributed by atoms with E-state index in [2.05, 4.69) is 4.72 Å². The van der Waals surface area contributed by atoms with Crippen molar-refractivity contribution < 1.29 is 17.9 Å². The van der Waals surface area contributed by atoms with Gasteiger partial charge in [-0.3, -0.25) is 9.52 Å². The van der Waals surface area contributed by atoms with Gasteiger partial charge < -0.3 is 9.64 Å². The van der Waals surface area contributed by atoms with Crippen molar-refractivity contribution >= 4 is 38.9 Å². The lowest BCUT2D eigenvalue weighted by molar-refractivity contribution is -0.122. The van der Waals surface area contributed by atoms with Crippen LogP contribution in [0.3, 0.4) is 0 Å². The number of methoxy groups -OCH3 is 1. The van der Waals surface area contributed by atoms with Crippen LogP contribution in [0.4, 0.5) is 11.4 Å². The van der Waals surface area contributed by atoms with Gasteiger partial charge in [0.25, 0.3) is 5.91 Å². The molecule has 0 aromatic heterocycles. The SMILES string of the molecule is COCC(=O)N1CCc2ccc(NS(=O)(=O)Cc3ccc(Cl)cc3)cc21. The van der Waals surface area contributed by atoms with Crippen LogP contribution in [-0.4, -0.2) is 34.6 Å². The van der Waals surface area contributed by atoms with Gasteiger partial charge in [-0.25, -0.2) is 8.42 Å². The van der Waals surface area contributed by atoms with Crippen LogP contribution in [0, 0.1) is 0 Å². The molecular formula is C18H19ClN2O4S. The number of carbonyl (C=O) groups excluding carboxylic acids is 1. The lowest BCUT2D eigenvalue weighted by Gasteiger charge is -2.18. The predicted molar refractivity (Wildman–Crippen MR) is 102 cm³/mol. The molecule has 0 saturated carbocycles. The molecule has 2 aromatic carbocycles. The van der Waals surface area contributed by atoms with Crippen LogP contribution < -0.4 is 9.62 Å². The zero-order valence-electron chi connectivity index (χ0n) is 14.2. The maximum atomic E-state index is 12.4. The fourth-order valence-electron chi connectivity index (χ4n) is 2.92. The minimum atomic E-state index is -3.59. The molecule has 0 unspecified atom stereocenters. The zero-order chi connectivity index (χ0) is 18.7. The second-order valence-electron chi connectivity index (χ2n) is 6.06. The Morgan fingerprint density at radius 2 is 1.96 bits per heavy atom. The van der Waals surface area contributed by atoms with Crippen molar-refractivity contribution in [3.05, 3.63) is 58.6 Å². The number of benzene rings is 2. The van der Waals surface area contributed by atoms with Crippen molar-refractivity contribution in [1.82, 2.24) is 0 Å². The summed E-state index contributed by atoms with van der Waals surface area (Å²) in [4.78, 5) is 13.7. The molecule has 0 saturated heterocycles. The molecule has 138 valence electrons. The Labute approximate surface area is 157 Å². The molecule has 1 aliphatic heterocycles. The lowest BCUT2D eigenvalue weighted by atomic mass is 10.1. The van der Waals surface area contributed by atoms with E-state index in [4.69, 9.17) is 16.3 Å². The van der Waals surface area contributed by atoms with E-state index in [1.54, 1.807) is 41.3 Å². The smallest absolute Gasteiger partial charge is 0.252 e. The number of carbonyl (C=O) groups is 1. The van der Waals surface area contributed by atoms with Crippen molar-refractivity contribution in [2.45, 2.75) is 12.2 Å². The first-order valence-electron chi connectivity index (χ1n) is 8.05. The highest BCUT2D eigenvalue weighted by atomic mass is 35.5. The number of rotatable bonds is 6. The number of amides is 1. The summed E-state index contributed by atoms with van der Waals surface area (Å²) >= 11 is 5.82. The first kappa shape index (κ1) is 18.7. The first-order valence-corrected chi connectivity index (χ1v) is 10.1. The zero-order valence-corrected chi connectivity index (χ0v) is 15.8. The first-order chi connectivity index (χ1) is 12.4. The molecule has 26 heavy (non-hydrogen) atoms. The summed E-state index contributed by atoms with van der Waals surface area (Å²) in [5.41, 5.74) is 2.80. The number of nitrogens with zero attached hydrogens (tertiary/aromatic N) is 1. The highest BCUT2D eigenvalue weighted by Crippen LogP contribution is 2.31. The molecule has 3 rings (SSSR count). The second-order valence-corrected chi connectivity index (χ2v) is 8.22. The number of anilines is 2. The molecule has 0 radical (unpaired) electrons. The third-order valence-corrected chi connectivity index (χ3v) is 5.61. The lowest BCUT2D eigenvalue weighted by Crippen LogP contribution is -2.32. The molecule has 0 spiro atoms. The number of ether oxygens (including phenoxy) is 1. The number of halogens is 1. The molecule has 0 aliphatic carbocycles. The Balaban J connectivity index is 1.77. The summed E-state index contributed by atoms with van der Waals surface area (Å²) < 4.78 is 32.3. The van der Waals surface area contributed by atoms with Gasteiger partial charge in [-0.2, -0.15) is 0 Å². The molecule has 1 aliphatic rings. The maximum absolute atomic E-state index is 12.4. The third-order valence-electron chi connectivity index (χ3n) is 4.09. The van der Waals surface area contributed by atoms with Crippen LogP contribution in [0.15, 0.2) is 42.5 Å². The van der Waals surface area contributed by atoms with Gasteiger partial charge in [0, 0.05) is 24.4 Å². The number of fused-ring (bicyclic) bond motifs is 1. The molecular weight excluding hydrogens is 376 g/mol. The molecule has 0 atom stereocenters. The van der Waals surface area contributed by atoms with E-state index >= 15 is 0 Å². The van der Waals surface area contributed by atoms with Crippen LogP contribution in [0.25, 0.3) is 0 Å². The van der Waals surface area contributed by atoms with Crippen LogP contribution in [0.1, 0.15) is 11.1 Å². The Hall–Kier alpha value is -2.09. The van der Waals surface area contributed by atoms with Gasteiger partial charge in [-0.15, -0.1) is 0 Å². The van der Waals surface area contributed by atoms with Gasteiger partial charge in [-0.1, -0.05) is 29.8 Å². The largest absolute Gasteiger partial charge is 0.375 e. The highest BCUT2D eigenvalue weighted by molar-refractivity contribution is 7.91. The molecule has 0 bridgehead atoms. The summed E-state index contributed by atoms with van der Waals surface area (Å²) in [6.45, 7) is 0.560. The number of hydrogen-bond donors (Lipinski definition) is 1. The predicted octanol–water partition coefficient (Wildman–Crippen LogP) is 2.82. The van der Waals surface area contributed by atoms with Gasteiger partial charge in [0.1, 0.15) is 6.61 Å². The van der Waals surface area contributed by atoms with E-state index in [1.165, 1.54) is 7.11 Å². The molecule has 2 aromatic rings. The third kappa shape index (κ3) is 4.35. The Morgan fingerprint density at radius 3 is 2.65 bits per heavy atom. The minimum Gasteiger partial charge on any atom is -0.375 e. The molecule has 1 N–H and O–H groups in total. The molecule has 6 nitrogen and oxygen atoms in total. The van der Waals surface area contributed by atoms with Crippen molar-refractivity contribution in [2.24, 2.45) is 0 Å². The van der Waals surface area contributed by atoms with Gasteiger partial charge >= 0.3 is 0 Å². The van der Waals surface area contributed by atoms with Gasteiger partial charge in [0.15, 0.2) is 0 Å². The van der Waals surface area contributed by atoms with Gasteiger partial charge in [0.05, 0.1) is 11.4 Å². The normalized spacial score (nSPS) is 13.5. The fourth-order valence-corrected chi connectivity index (χ4v) is 4.23. The molecule has 8 heteroatoms. The number of sulfonamides is 1. The topological polar surface area (TPSA) is 75.7 Å². The standard InChI is InChI=1S/C18H19ClN2O4S/c1-25-11-18(22)21-9-8-14-4-7-16(10-17(14)21)20-26(23,24)12-13-2-5-15(19)6-3-13/h2-7,10,20H,8-9,11-12H2,1H3. The van der Waals surface area contributed by atoms with E-state index in [1.807, 2.05) is 6.07 Å². The Morgan fingerprint density at radius 1 is 1.23 bits per heavy atom. The molecule has 1 heterocycles. The molecule has 0 fully saturated rings. The summed E-state index contributed by atoms with van der Waals surface area (Å²) in [6, 6.07) is 11.9. The Kier molecular flexibility index (Phi) is 5.50. The van der Waals surface area contributed by atoms with E-state index in [9.17, 15) is 13.2 Å². The van der Waals surface area contributed by atoms with Gasteiger partial charge in [-0.05, 0) is 41.8 Å². The van der Waals surface area contributed by atoms with E-state index < -0.39 is 10.0 Å². The van der Waals surface area contributed by atoms with Crippen LogP contribution in [-0.2, 0) is 31.7 Å². The number of nitrogens with one attached hydrogen (secondary N) is 1. The van der Waals surface area contributed by atoms with E-state index in [0.29, 0.717) is 22.8 Å². The van der Waals surface area contributed by atoms with Crippen molar-refractivity contribution in [1.29, 1.82) is 0 Å². The summed E-state index contributed by atoms with van der Waals surface area (Å²) in [6.07, 6.45) is 0.739.